The van der Waals surface area contributed by atoms with E-state index in [1.54, 1.807) is 6.92 Å². The van der Waals surface area contributed by atoms with Gasteiger partial charge >= 0.3 is 12.0 Å². The zero-order valence-corrected chi connectivity index (χ0v) is 12.6. The molecule has 1 aromatic heterocycles. The lowest BCUT2D eigenvalue weighted by atomic mass is 10.1. The van der Waals surface area contributed by atoms with Crippen molar-refractivity contribution in [3.8, 4) is 0 Å². The van der Waals surface area contributed by atoms with Crippen LogP contribution < -0.4 is 21.5 Å². The monoisotopic (exact) mass is 311 g/mol. The number of hydrogen-bond donors (Lipinski definition) is 5. The number of anilines is 1. The van der Waals surface area contributed by atoms with Crippen LogP contribution in [0.4, 0.5) is 10.7 Å². The maximum atomic E-state index is 11.8. The van der Waals surface area contributed by atoms with E-state index in [1.807, 2.05) is 7.05 Å². The molecule has 5 N–H and O–H groups in total. The van der Waals surface area contributed by atoms with E-state index in [2.05, 4.69) is 25.9 Å². The van der Waals surface area contributed by atoms with E-state index in [4.69, 9.17) is 5.11 Å². The molecule has 1 heterocycles. The number of H-pyrrole nitrogens is 1. The van der Waals surface area contributed by atoms with Gasteiger partial charge in [-0.15, -0.1) is 0 Å². The minimum absolute atomic E-state index is 0.0261. The Bertz CT molecular complexity index is 572. The Morgan fingerprint density at radius 2 is 2.14 bits per heavy atom. The van der Waals surface area contributed by atoms with E-state index in [9.17, 15) is 14.4 Å². The number of rotatable bonds is 8. The summed E-state index contributed by atoms with van der Waals surface area (Å²) in [6.45, 7) is 2.40. The van der Waals surface area contributed by atoms with Crippen molar-refractivity contribution in [2.75, 3.05) is 18.9 Å². The third-order valence-electron chi connectivity index (χ3n) is 2.87. The van der Waals surface area contributed by atoms with E-state index in [0.717, 1.165) is 13.0 Å². The molecule has 1 atom stereocenters. The molecule has 0 spiro atoms. The molecule has 0 bridgehead atoms. The Morgan fingerprint density at radius 3 is 2.73 bits per heavy atom. The molecule has 0 saturated heterocycles. The van der Waals surface area contributed by atoms with Crippen molar-refractivity contribution < 1.29 is 14.7 Å². The van der Waals surface area contributed by atoms with Crippen LogP contribution in [0.3, 0.4) is 0 Å². The molecule has 0 aliphatic carbocycles. The highest BCUT2D eigenvalue weighted by molar-refractivity contribution is 5.90. The second-order valence-electron chi connectivity index (χ2n) is 4.82. The highest BCUT2D eigenvalue weighted by atomic mass is 16.4. The third-order valence-corrected chi connectivity index (χ3v) is 2.87. The summed E-state index contributed by atoms with van der Waals surface area (Å²) < 4.78 is 0. The van der Waals surface area contributed by atoms with Crippen LogP contribution in [0.25, 0.3) is 0 Å². The lowest BCUT2D eigenvalue weighted by molar-refractivity contribution is -0.139. The summed E-state index contributed by atoms with van der Waals surface area (Å²) >= 11 is 0. The maximum absolute atomic E-state index is 11.8. The number of aromatic nitrogens is 2. The van der Waals surface area contributed by atoms with Crippen LogP contribution in [0.5, 0.6) is 0 Å². The molecule has 0 fully saturated rings. The number of aryl methyl sites for hydroxylation is 1. The molecule has 22 heavy (non-hydrogen) atoms. The van der Waals surface area contributed by atoms with Gasteiger partial charge in [0.05, 0.1) is 0 Å². The van der Waals surface area contributed by atoms with Crippen molar-refractivity contribution in [1.29, 1.82) is 0 Å². The van der Waals surface area contributed by atoms with Crippen LogP contribution in [0.15, 0.2) is 10.9 Å². The Kier molecular flexibility index (Phi) is 7.03. The van der Waals surface area contributed by atoms with Gasteiger partial charge in [-0.1, -0.05) is 0 Å². The fraction of sp³-hybridized carbons (Fsp3) is 0.538. The summed E-state index contributed by atoms with van der Waals surface area (Å²) in [6, 6.07) is -0.437. The number of carbonyl (C=O) groups is 2. The SMILES string of the molecule is CNCCCCC(NC(=O)Nc1nc(C)cc(=O)[nH]1)C(=O)O. The predicted molar refractivity (Wildman–Crippen MR) is 81.0 cm³/mol. The molecule has 0 aromatic carbocycles. The number of carboxylic acids is 1. The van der Waals surface area contributed by atoms with Crippen LogP contribution >= 0.6 is 0 Å². The van der Waals surface area contributed by atoms with Gasteiger partial charge in [0.15, 0.2) is 0 Å². The zero-order chi connectivity index (χ0) is 16.5. The first kappa shape index (κ1) is 17.6. The van der Waals surface area contributed by atoms with Crippen LogP contribution in [-0.2, 0) is 4.79 Å². The Balaban J connectivity index is 2.55. The highest BCUT2D eigenvalue weighted by Gasteiger charge is 2.19. The standard InChI is InChI=1S/C13H21N5O4/c1-8-7-10(19)17-12(15-8)18-13(22)16-9(11(20)21)5-3-4-6-14-2/h7,9,14H,3-6H2,1-2H3,(H,20,21)(H3,15,16,17,18,19,22). The minimum Gasteiger partial charge on any atom is -0.480 e. The van der Waals surface area contributed by atoms with Gasteiger partial charge in [-0.2, -0.15) is 0 Å². The van der Waals surface area contributed by atoms with Crippen LogP contribution in [0.2, 0.25) is 0 Å². The maximum Gasteiger partial charge on any atom is 0.326 e. The third kappa shape index (κ3) is 6.35. The minimum atomic E-state index is -1.11. The van der Waals surface area contributed by atoms with Gasteiger partial charge in [-0.25, -0.2) is 14.6 Å². The molecule has 122 valence electrons. The molecular formula is C13H21N5O4. The fourth-order valence-corrected chi connectivity index (χ4v) is 1.85. The molecule has 0 aliphatic heterocycles. The van der Waals surface area contributed by atoms with Gasteiger partial charge in [0.1, 0.15) is 6.04 Å². The van der Waals surface area contributed by atoms with Gasteiger partial charge in [0.25, 0.3) is 5.56 Å². The first-order valence-corrected chi connectivity index (χ1v) is 6.95. The number of carboxylic acid groups (broad SMARTS) is 1. The zero-order valence-electron chi connectivity index (χ0n) is 12.6. The molecule has 1 aromatic rings. The molecular weight excluding hydrogens is 290 g/mol. The van der Waals surface area contributed by atoms with Crippen molar-refractivity contribution in [3.63, 3.8) is 0 Å². The Morgan fingerprint density at radius 1 is 1.41 bits per heavy atom. The molecule has 0 saturated carbocycles. The molecule has 0 radical (unpaired) electrons. The van der Waals surface area contributed by atoms with E-state index >= 15 is 0 Å². The smallest absolute Gasteiger partial charge is 0.326 e. The molecule has 2 amide bonds. The topological polar surface area (TPSA) is 136 Å². The van der Waals surface area contributed by atoms with Crippen molar-refractivity contribution in [1.82, 2.24) is 20.6 Å². The van der Waals surface area contributed by atoms with Crippen molar-refractivity contribution >= 4 is 17.9 Å². The van der Waals surface area contributed by atoms with E-state index in [-0.39, 0.29) is 5.95 Å². The molecule has 0 aliphatic rings. The van der Waals surface area contributed by atoms with Crippen LogP contribution in [0, 0.1) is 6.92 Å². The summed E-state index contributed by atoms with van der Waals surface area (Å²) in [6.07, 6.45) is 1.80. The number of urea groups is 1. The highest BCUT2D eigenvalue weighted by Crippen LogP contribution is 2.02. The van der Waals surface area contributed by atoms with Crippen molar-refractivity contribution in [3.05, 3.63) is 22.1 Å². The number of hydrogen-bond acceptors (Lipinski definition) is 5. The second-order valence-corrected chi connectivity index (χ2v) is 4.82. The summed E-state index contributed by atoms with van der Waals surface area (Å²) in [5.74, 6) is -1.13. The van der Waals surface area contributed by atoms with Gasteiger partial charge in [0, 0.05) is 11.8 Å². The average molecular weight is 311 g/mol. The normalized spacial score (nSPS) is 11.7. The summed E-state index contributed by atoms with van der Waals surface area (Å²) in [5.41, 5.74) is 0.0468. The molecule has 9 heteroatoms. The van der Waals surface area contributed by atoms with Crippen molar-refractivity contribution in [2.24, 2.45) is 0 Å². The first-order valence-electron chi connectivity index (χ1n) is 6.95. The van der Waals surface area contributed by atoms with Gasteiger partial charge in [0.2, 0.25) is 5.95 Å². The van der Waals surface area contributed by atoms with Gasteiger partial charge < -0.3 is 15.7 Å². The van der Waals surface area contributed by atoms with E-state index in [1.165, 1.54) is 6.07 Å². The number of nitrogens with zero attached hydrogens (tertiary/aromatic N) is 1. The molecule has 1 unspecified atom stereocenters. The number of amides is 2. The summed E-state index contributed by atoms with van der Waals surface area (Å²) in [7, 11) is 1.82. The number of aromatic amines is 1. The second kappa shape index (κ2) is 8.78. The van der Waals surface area contributed by atoms with Gasteiger partial charge in [-0.3, -0.25) is 15.1 Å². The number of unbranched alkanes of at least 4 members (excludes halogenated alkanes) is 1. The number of nitrogens with one attached hydrogen (secondary N) is 4. The summed E-state index contributed by atoms with van der Waals surface area (Å²) in [5, 5.41) is 16.7. The summed E-state index contributed by atoms with van der Waals surface area (Å²) in [4.78, 5) is 40.4. The molecule has 9 nitrogen and oxygen atoms in total. The lowest BCUT2D eigenvalue weighted by Crippen LogP contribution is -2.43. The van der Waals surface area contributed by atoms with Crippen LogP contribution in [0.1, 0.15) is 25.0 Å². The quantitative estimate of drug-likeness (QED) is 0.430. The average Bonchev–Trinajstić information content (AvgIpc) is 2.40. The molecule has 1 rings (SSSR count). The Hall–Kier alpha value is -2.42. The number of aliphatic carboxylic acids is 1. The fourth-order valence-electron chi connectivity index (χ4n) is 1.85. The van der Waals surface area contributed by atoms with Crippen molar-refractivity contribution in [2.45, 2.75) is 32.2 Å². The number of carbonyl (C=O) groups excluding carboxylic acids is 1. The largest absolute Gasteiger partial charge is 0.480 e. The lowest BCUT2D eigenvalue weighted by Gasteiger charge is -2.14. The first-order chi connectivity index (χ1) is 10.4. The van der Waals surface area contributed by atoms with Gasteiger partial charge in [-0.05, 0) is 39.8 Å². The van der Waals surface area contributed by atoms with Crippen LogP contribution in [-0.4, -0.2) is 46.7 Å². The Labute approximate surface area is 127 Å². The van der Waals surface area contributed by atoms with E-state index < -0.39 is 23.6 Å². The predicted octanol–water partition coefficient (Wildman–Crippen LogP) is 0.0427. The van der Waals surface area contributed by atoms with E-state index in [0.29, 0.717) is 18.5 Å².